The fourth-order valence-corrected chi connectivity index (χ4v) is 3.44. The quantitative estimate of drug-likeness (QED) is 0.378. The van der Waals surface area contributed by atoms with Gasteiger partial charge >= 0.3 is 17.9 Å². The van der Waals surface area contributed by atoms with E-state index in [2.05, 4.69) is 0 Å². The molecule has 3 aromatic rings. The fraction of sp³-hybridized carbons (Fsp3) is 0.185. The van der Waals surface area contributed by atoms with E-state index in [1.165, 1.54) is 12.1 Å². The van der Waals surface area contributed by atoms with E-state index in [9.17, 15) is 19.2 Å². The fourth-order valence-electron chi connectivity index (χ4n) is 3.44. The summed E-state index contributed by atoms with van der Waals surface area (Å²) in [7, 11) is 0. The van der Waals surface area contributed by atoms with Crippen LogP contribution in [0.1, 0.15) is 37.5 Å². The Bertz CT molecular complexity index is 1110. The topological polar surface area (TPSA) is 105 Å². The molecule has 0 aliphatic carbocycles. The third kappa shape index (κ3) is 6.18. The molecule has 3 aromatic carbocycles. The molecule has 0 saturated carbocycles. The SMILES string of the molecule is O=C(OC[C@@H]1CC(OC(=O)c2ccccc2)C(=O)[C@@H](OC(=O)c2ccccc2)O1)c1ccccc1. The van der Waals surface area contributed by atoms with Crippen LogP contribution in [0.15, 0.2) is 91.0 Å². The maximum absolute atomic E-state index is 13.0. The van der Waals surface area contributed by atoms with Crippen LogP contribution in [0.5, 0.6) is 0 Å². The summed E-state index contributed by atoms with van der Waals surface area (Å²) in [6, 6.07) is 24.6. The van der Waals surface area contributed by atoms with Crippen LogP contribution in [0.25, 0.3) is 0 Å². The van der Waals surface area contributed by atoms with Crippen molar-refractivity contribution in [1.82, 2.24) is 0 Å². The molecule has 0 aromatic heterocycles. The Kier molecular flexibility index (Phi) is 7.64. The van der Waals surface area contributed by atoms with Gasteiger partial charge in [-0.25, -0.2) is 14.4 Å². The summed E-state index contributed by atoms with van der Waals surface area (Å²) in [6.45, 7) is -0.236. The predicted molar refractivity (Wildman–Crippen MR) is 123 cm³/mol. The highest BCUT2D eigenvalue weighted by Gasteiger charge is 2.42. The normalized spacial score (nSPS) is 19.4. The van der Waals surface area contributed by atoms with Crippen molar-refractivity contribution in [1.29, 1.82) is 0 Å². The van der Waals surface area contributed by atoms with E-state index < -0.39 is 42.2 Å². The number of Topliss-reactive ketones (excluding diaryl/α,β-unsaturated/α-hetero) is 1. The number of ether oxygens (including phenoxy) is 4. The molecule has 0 spiro atoms. The monoisotopic (exact) mass is 474 g/mol. The second kappa shape index (κ2) is 11.2. The van der Waals surface area contributed by atoms with Crippen molar-refractivity contribution >= 4 is 23.7 Å². The maximum atomic E-state index is 13.0. The smallest absolute Gasteiger partial charge is 0.340 e. The molecule has 1 heterocycles. The van der Waals surface area contributed by atoms with Crippen molar-refractivity contribution in [3.8, 4) is 0 Å². The predicted octanol–water partition coefficient (Wildman–Crippen LogP) is 3.61. The van der Waals surface area contributed by atoms with Gasteiger partial charge in [-0.3, -0.25) is 4.79 Å². The lowest BCUT2D eigenvalue weighted by molar-refractivity contribution is -0.199. The Labute approximate surface area is 201 Å². The summed E-state index contributed by atoms with van der Waals surface area (Å²) in [6.07, 6.45) is -3.82. The highest BCUT2D eigenvalue weighted by molar-refractivity contribution is 5.96. The summed E-state index contributed by atoms with van der Waals surface area (Å²) in [4.78, 5) is 50.4. The zero-order valence-corrected chi connectivity index (χ0v) is 18.6. The minimum Gasteiger partial charge on any atom is -0.459 e. The summed E-state index contributed by atoms with van der Waals surface area (Å²) >= 11 is 0. The largest absolute Gasteiger partial charge is 0.459 e. The van der Waals surface area contributed by atoms with Crippen molar-refractivity contribution in [3.63, 3.8) is 0 Å². The number of esters is 3. The van der Waals surface area contributed by atoms with Gasteiger partial charge in [-0.05, 0) is 36.4 Å². The number of hydrogen-bond acceptors (Lipinski definition) is 8. The van der Waals surface area contributed by atoms with E-state index in [1.54, 1.807) is 78.9 Å². The number of rotatable bonds is 7. The van der Waals surface area contributed by atoms with Gasteiger partial charge in [0.25, 0.3) is 6.29 Å². The number of carbonyl (C=O) groups is 4. The van der Waals surface area contributed by atoms with Gasteiger partial charge in [-0.15, -0.1) is 0 Å². The van der Waals surface area contributed by atoms with Crippen LogP contribution in [0.2, 0.25) is 0 Å². The lowest BCUT2D eigenvalue weighted by atomic mass is 10.0. The average Bonchev–Trinajstić information content (AvgIpc) is 2.91. The van der Waals surface area contributed by atoms with Crippen LogP contribution in [0, 0.1) is 0 Å². The van der Waals surface area contributed by atoms with Crippen LogP contribution in [-0.2, 0) is 23.7 Å². The van der Waals surface area contributed by atoms with Crippen LogP contribution >= 0.6 is 0 Å². The molecule has 0 amide bonds. The van der Waals surface area contributed by atoms with E-state index in [0.29, 0.717) is 5.56 Å². The van der Waals surface area contributed by atoms with Crippen molar-refractivity contribution in [3.05, 3.63) is 108 Å². The Morgan fingerprint density at radius 1 is 0.686 bits per heavy atom. The summed E-state index contributed by atoms with van der Waals surface area (Å²) < 4.78 is 21.7. The minimum atomic E-state index is -1.63. The lowest BCUT2D eigenvalue weighted by Crippen LogP contribution is -2.50. The molecular formula is C27H22O8. The molecular weight excluding hydrogens is 452 g/mol. The van der Waals surface area contributed by atoms with E-state index >= 15 is 0 Å². The van der Waals surface area contributed by atoms with E-state index in [-0.39, 0.29) is 24.2 Å². The van der Waals surface area contributed by atoms with Crippen LogP contribution in [0.3, 0.4) is 0 Å². The number of benzene rings is 3. The molecule has 4 rings (SSSR count). The van der Waals surface area contributed by atoms with E-state index in [4.69, 9.17) is 18.9 Å². The zero-order chi connectivity index (χ0) is 24.6. The van der Waals surface area contributed by atoms with Gasteiger partial charge in [0.15, 0.2) is 6.10 Å². The molecule has 178 valence electrons. The third-order valence-electron chi connectivity index (χ3n) is 5.23. The second-order valence-corrected chi connectivity index (χ2v) is 7.72. The maximum Gasteiger partial charge on any atom is 0.340 e. The van der Waals surface area contributed by atoms with E-state index in [1.807, 2.05) is 0 Å². The molecule has 0 N–H and O–H groups in total. The number of carbonyl (C=O) groups excluding carboxylic acids is 4. The molecule has 0 radical (unpaired) electrons. The Balaban J connectivity index is 1.47. The molecule has 3 atom stereocenters. The lowest BCUT2D eigenvalue weighted by Gasteiger charge is -2.32. The Morgan fingerprint density at radius 2 is 1.14 bits per heavy atom. The second-order valence-electron chi connectivity index (χ2n) is 7.72. The molecule has 8 heteroatoms. The number of ketones is 1. The number of hydrogen-bond donors (Lipinski definition) is 0. The standard InChI is InChI=1S/C27H22O8/c28-23-22(34-25(30)19-12-6-2-7-13-19)16-21(17-32-24(29)18-10-4-1-5-11-18)33-27(23)35-26(31)20-14-8-3-9-15-20/h1-15,21-22,27H,16-17H2/t21-,22?,27+/m0/s1. The van der Waals surface area contributed by atoms with Gasteiger partial charge in [-0.2, -0.15) is 0 Å². The van der Waals surface area contributed by atoms with Crippen molar-refractivity contribution in [2.45, 2.75) is 24.9 Å². The first-order chi connectivity index (χ1) is 17.0. The van der Waals surface area contributed by atoms with Crippen LogP contribution in [0.4, 0.5) is 0 Å². The summed E-state index contributed by atoms with van der Waals surface area (Å²) in [5.74, 6) is -2.79. The van der Waals surface area contributed by atoms with Gasteiger partial charge in [0.1, 0.15) is 12.7 Å². The van der Waals surface area contributed by atoms with Crippen molar-refractivity contribution < 1.29 is 38.1 Å². The summed E-state index contributed by atoms with van der Waals surface area (Å²) in [5, 5.41) is 0. The molecule has 0 bridgehead atoms. The zero-order valence-electron chi connectivity index (χ0n) is 18.6. The molecule has 8 nitrogen and oxygen atoms in total. The third-order valence-corrected chi connectivity index (χ3v) is 5.23. The molecule has 1 aliphatic heterocycles. The Morgan fingerprint density at radius 3 is 1.66 bits per heavy atom. The van der Waals surface area contributed by atoms with Crippen LogP contribution in [-0.4, -0.2) is 48.8 Å². The van der Waals surface area contributed by atoms with Gasteiger partial charge in [-0.1, -0.05) is 54.6 Å². The Hall–Kier alpha value is -4.30. The van der Waals surface area contributed by atoms with Gasteiger partial charge < -0.3 is 18.9 Å². The van der Waals surface area contributed by atoms with Gasteiger partial charge in [0, 0.05) is 6.42 Å². The van der Waals surface area contributed by atoms with E-state index in [0.717, 1.165) is 0 Å². The van der Waals surface area contributed by atoms with Gasteiger partial charge in [0.05, 0.1) is 16.7 Å². The highest BCUT2D eigenvalue weighted by atomic mass is 16.7. The first-order valence-corrected chi connectivity index (χ1v) is 10.9. The van der Waals surface area contributed by atoms with Crippen molar-refractivity contribution in [2.75, 3.05) is 6.61 Å². The first kappa shape index (κ1) is 23.8. The molecule has 1 unspecified atom stereocenters. The summed E-state index contributed by atoms with van der Waals surface area (Å²) in [5.41, 5.74) is 0.828. The first-order valence-electron chi connectivity index (χ1n) is 10.9. The average molecular weight is 474 g/mol. The molecule has 1 fully saturated rings. The minimum absolute atomic E-state index is 0.0706. The van der Waals surface area contributed by atoms with Crippen LogP contribution < -0.4 is 0 Å². The molecule has 35 heavy (non-hydrogen) atoms. The van der Waals surface area contributed by atoms with Crippen molar-refractivity contribution in [2.24, 2.45) is 0 Å². The van der Waals surface area contributed by atoms with Gasteiger partial charge in [0.2, 0.25) is 5.78 Å². The molecule has 1 saturated heterocycles. The highest BCUT2D eigenvalue weighted by Crippen LogP contribution is 2.23. The molecule has 1 aliphatic rings.